The monoisotopic (exact) mass is 458 g/mol. The number of carbonyl (C=O) groups excluding carboxylic acids is 1. The number of amides is 1. The van der Waals surface area contributed by atoms with Gasteiger partial charge in [0.15, 0.2) is 5.96 Å². The number of halogens is 1. The number of hydrogen-bond acceptors (Lipinski definition) is 2. The Balaban J connectivity index is 0.00000312. The van der Waals surface area contributed by atoms with E-state index in [0.717, 1.165) is 19.0 Å². The van der Waals surface area contributed by atoms with Gasteiger partial charge in [0.25, 0.3) is 5.91 Å². The van der Waals surface area contributed by atoms with Crippen LogP contribution in [0.4, 0.5) is 0 Å². The van der Waals surface area contributed by atoms with Crippen molar-refractivity contribution in [3.8, 4) is 0 Å². The first kappa shape index (κ1) is 21.7. The molecule has 6 heteroatoms. The van der Waals surface area contributed by atoms with E-state index >= 15 is 0 Å². The van der Waals surface area contributed by atoms with Gasteiger partial charge in [-0.15, -0.1) is 24.0 Å². The first-order valence-corrected chi connectivity index (χ1v) is 9.04. The lowest BCUT2D eigenvalue weighted by Crippen LogP contribution is -2.42. The van der Waals surface area contributed by atoms with Crippen molar-refractivity contribution in [2.45, 2.75) is 39.5 Å². The van der Waals surface area contributed by atoms with Crippen LogP contribution in [-0.2, 0) is 0 Å². The molecule has 0 spiro atoms. The Hall–Kier alpha value is -1.31. The standard InChI is InChI=1S/C19H30N4O.HI/c1-3-19(11-8-12-19)15-23-18(20-4-2)22-14-13-21-17(24)16-9-6-5-7-10-16;/h5-7,9-10H,3-4,8,11-15H2,1-2H3,(H,21,24)(H2,20,22,23);1H. The molecule has 1 amide bonds. The highest BCUT2D eigenvalue weighted by atomic mass is 127. The van der Waals surface area contributed by atoms with Crippen LogP contribution in [0, 0.1) is 5.41 Å². The van der Waals surface area contributed by atoms with Crippen LogP contribution in [0.25, 0.3) is 0 Å². The fourth-order valence-electron chi connectivity index (χ4n) is 2.94. The van der Waals surface area contributed by atoms with Crippen molar-refractivity contribution in [3.05, 3.63) is 35.9 Å². The molecular weight excluding hydrogens is 427 g/mol. The lowest BCUT2D eigenvalue weighted by atomic mass is 9.67. The number of aliphatic imine (C=N–C) groups is 1. The van der Waals surface area contributed by atoms with Crippen molar-refractivity contribution in [2.75, 3.05) is 26.2 Å². The topological polar surface area (TPSA) is 65.5 Å². The number of nitrogens with zero attached hydrogens (tertiary/aromatic N) is 1. The number of nitrogens with one attached hydrogen (secondary N) is 3. The zero-order chi connectivity index (χ0) is 17.3. The minimum Gasteiger partial charge on any atom is -0.357 e. The quantitative estimate of drug-likeness (QED) is 0.243. The molecule has 0 heterocycles. The van der Waals surface area contributed by atoms with Gasteiger partial charge >= 0.3 is 0 Å². The smallest absolute Gasteiger partial charge is 0.251 e. The lowest BCUT2D eigenvalue weighted by molar-refractivity contribution is 0.0954. The first-order valence-electron chi connectivity index (χ1n) is 9.04. The molecule has 0 saturated heterocycles. The van der Waals surface area contributed by atoms with Gasteiger partial charge in [-0.3, -0.25) is 9.79 Å². The van der Waals surface area contributed by atoms with E-state index in [-0.39, 0.29) is 29.9 Å². The molecule has 5 nitrogen and oxygen atoms in total. The van der Waals surface area contributed by atoms with E-state index < -0.39 is 0 Å². The fourth-order valence-corrected chi connectivity index (χ4v) is 2.94. The summed E-state index contributed by atoms with van der Waals surface area (Å²) in [6.07, 6.45) is 5.11. The SMILES string of the molecule is CCNC(=NCC1(CC)CCC1)NCCNC(=O)c1ccccc1.I. The number of guanidine groups is 1. The maximum absolute atomic E-state index is 12.0. The Kier molecular flexibility index (Phi) is 9.85. The third-order valence-corrected chi connectivity index (χ3v) is 4.82. The minimum absolute atomic E-state index is 0. The van der Waals surface area contributed by atoms with Crippen LogP contribution in [-0.4, -0.2) is 38.0 Å². The predicted octanol–water partition coefficient (Wildman–Crippen LogP) is 3.17. The summed E-state index contributed by atoms with van der Waals surface area (Å²) in [4.78, 5) is 16.7. The summed E-state index contributed by atoms with van der Waals surface area (Å²) in [6, 6.07) is 9.27. The van der Waals surface area contributed by atoms with E-state index in [1.165, 1.54) is 25.7 Å². The number of hydrogen-bond donors (Lipinski definition) is 3. The zero-order valence-electron chi connectivity index (χ0n) is 15.3. The van der Waals surface area contributed by atoms with Gasteiger partial charge in [-0.2, -0.15) is 0 Å². The van der Waals surface area contributed by atoms with E-state index in [0.29, 0.717) is 24.1 Å². The van der Waals surface area contributed by atoms with Crippen LogP contribution in [0.15, 0.2) is 35.3 Å². The largest absolute Gasteiger partial charge is 0.357 e. The molecule has 0 aromatic heterocycles. The van der Waals surface area contributed by atoms with Crippen LogP contribution in [0.1, 0.15) is 49.9 Å². The maximum Gasteiger partial charge on any atom is 0.251 e. The van der Waals surface area contributed by atoms with E-state index in [1.54, 1.807) is 0 Å². The van der Waals surface area contributed by atoms with E-state index in [4.69, 9.17) is 4.99 Å². The molecule has 0 atom stereocenters. The van der Waals surface area contributed by atoms with Crippen molar-refractivity contribution in [3.63, 3.8) is 0 Å². The second-order valence-corrected chi connectivity index (χ2v) is 6.45. The summed E-state index contributed by atoms with van der Waals surface area (Å²) in [5.41, 5.74) is 1.11. The van der Waals surface area contributed by atoms with Crippen LogP contribution in [0.3, 0.4) is 0 Å². The Morgan fingerprint density at radius 2 is 1.76 bits per heavy atom. The third-order valence-electron chi connectivity index (χ3n) is 4.82. The Labute approximate surface area is 168 Å². The second kappa shape index (κ2) is 11.3. The molecule has 1 aliphatic carbocycles. The highest BCUT2D eigenvalue weighted by molar-refractivity contribution is 14.0. The van der Waals surface area contributed by atoms with Crippen LogP contribution >= 0.6 is 24.0 Å². The van der Waals surface area contributed by atoms with E-state index in [1.807, 2.05) is 30.3 Å². The molecular formula is C19H31IN4O. The van der Waals surface area contributed by atoms with Gasteiger partial charge < -0.3 is 16.0 Å². The molecule has 2 rings (SSSR count). The molecule has 140 valence electrons. The van der Waals surface area contributed by atoms with Crippen molar-refractivity contribution in [1.82, 2.24) is 16.0 Å². The fraction of sp³-hybridized carbons (Fsp3) is 0.579. The van der Waals surface area contributed by atoms with Gasteiger partial charge in [-0.1, -0.05) is 31.5 Å². The molecule has 1 fully saturated rings. The zero-order valence-corrected chi connectivity index (χ0v) is 17.6. The maximum atomic E-state index is 12.0. The van der Waals surface area contributed by atoms with Gasteiger partial charge in [-0.05, 0) is 43.7 Å². The molecule has 25 heavy (non-hydrogen) atoms. The van der Waals surface area contributed by atoms with Crippen LogP contribution in [0.5, 0.6) is 0 Å². The molecule has 0 aliphatic heterocycles. The average molecular weight is 458 g/mol. The second-order valence-electron chi connectivity index (χ2n) is 6.45. The first-order chi connectivity index (χ1) is 11.7. The van der Waals surface area contributed by atoms with Gasteiger partial charge in [0.05, 0.1) is 0 Å². The Morgan fingerprint density at radius 3 is 2.32 bits per heavy atom. The van der Waals surface area contributed by atoms with Crippen molar-refractivity contribution in [2.24, 2.45) is 10.4 Å². The summed E-state index contributed by atoms with van der Waals surface area (Å²) in [7, 11) is 0. The Bertz CT molecular complexity index is 538. The summed E-state index contributed by atoms with van der Waals surface area (Å²) >= 11 is 0. The molecule has 1 aliphatic rings. The molecule has 3 N–H and O–H groups in total. The van der Waals surface area contributed by atoms with Gasteiger partial charge in [0, 0.05) is 31.7 Å². The van der Waals surface area contributed by atoms with E-state index in [9.17, 15) is 4.79 Å². The average Bonchev–Trinajstić information content (AvgIpc) is 2.58. The number of carbonyl (C=O) groups is 1. The summed E-state index contributed by atoms with van der Waals surface area (Å²) in [6.45, 7) is 7.26. The summed E-state index contributed by atoms with van der Waals surface area (Å²) in [5, 5.41) is 9.49. The lowest BCUT2D eigenvalue weighted by Gasteiger charge is -2.40. The van der Waals surface area contributed by atoms with E-state index in [2.05, 4.69) is 29.8 Å². The third kappa shape index (κ3) is 6.84. The van der Waals surface area contributed by atoms with Gasteiger partial charge in [0.1, 0.15) is 0 Å². The van der Waals surface area contributed by atoms with Crippen molar-refractivity contribution < 1.29 is 4.79 Å². The van der Waals surface area contributed by atoms with Crippen molar-refractivity contribution >= 4 is 35.8 Å². The molecule has 1 aromatic rings. The Morgan fingerprint density at radius 1 is 1.08 bits per heavy atom. The molecule has 0 unspecified atom stereocenters. The van der Waals surface area contributed by atoms with Gasteiger partial charge in [-0.25, -0.2) is 0 Å². The van der Waals surface area contributed by atoms with Gasteiger partial charge in [0.2, 0.25) is 0 Å². The normalized spacial score (nSPS) is 15.5. The number of benzene rings is 1. The summed E-state index contributed by atoms with van der Waals surface area (Å²) in [5.74, 6) is 0.796. The molecule has 0 bridgehead atoms. The van der Waals surface area contributed by atoms with Crippen molar-refractivity contribution in [1.29, 1.82) is 0 Å². The van der Waals surface area contributed by atoms with Crippen LogP contribution in [0.2, 0.25) is 0 Å². The summed E-state index contributed by atoms with van der Waals surface area (Å²) < 4.78 is 0. The molecule has 1 aromatic carbocycles. The number of rotatable bonds is 8. The molecule has 1 saturated carbocycles. The van der Waals surface area contributed by atoms with Crippen LogP contribution < -0.4 is 16.0 Å². The molecule has 0 radical (unpaired) electrons. The highest BCUT2D eigenvalue weighted by Crippen LogP contribution is 2.43. The predicted molar refractivity (Wildman–Crippen MR) is 115 cm³/mol. The highest BCUT2D eigenvalue weighted by Gasteiger charge is 2.34. The minimum atomic E-state index is -0.0428.